The van der Waals surface area contributed by atoms with Crippen LogP contribution in [0.15, 0.2) is 46.0 Å². The zero-order chi connectivity index (χ0) is 19.8. The van der Waals surface area contributed by atoms with Gasteiger partial charge in [-0.2, -0.15) is 5.10 Å². The van der Waals surface area contributed by atoms with Crippen molar-refractivity contribution in [2.45, 2.75) is 19.8 Å². The monoisotopic (exact) mass is 433 g/mol. The third-order valence-electron chi connectivity index (χ3n) is 3.60. The average molecular weight is 434 g/mol. The number of carbonyl (C=O) groups excluding carboxylic acids is 2. The van der Waals surface area contributed by atoms with Gasteiger partial charge in [0.15, 0.2) is 11.5 Å². The molecule has 0 aliphatic heterocycles. The molecule has 27 heavy (non-hydrogen) atoms. The molecular weight excluding hydrogens is 414 g/mol. The van der Waals surface area contributed by atoms with Crippen molar-refractivity contribution in [3.05, 3.63) is 52.0 Å². The molecular formula is C19H20BrN3O4. The summed E-state index contributed by atoms with van der Waals surface area (Å²) in [5.41, 5.74) is 4.48. The van der Waals surface area contributed by atoms with Gasteiger partial charge in [-0.25, -0.2) is 5.43 Å². The number of phenolic OH excluding ortho intramolecular Hbond substituents is 1. The van der Waals surface area contributed by atoms with Crippen LogP contribution in [-0.4, -0.2) is 30.2 Å². The minimum atomic E-state index is -0.410. The van der Waals surface area contributed by atoms with E-state index >= 15 is 0 Å². The third-order valence-corrected chi connectivity index (χ3v) is 4.05. The molecule has 2 aromatic rings. The average Bonchev–Trinajstić information content (AvgIpc) is 2.64. The molecule has 2 amide bonds. The van der Waals surface area contributed by atoms with E-state index in [4.69, 9.17) is 4.74 Å². The van der Waals surface area contributed by atoms with Crippen LogP contribution in [0.2, 0.25) is 0 Å². The molecule has 0 aromatic heterocycles. The van der Waals surface area contributed by atoms with Crippen LogP contribution in [0, 0.1) is 6.92 Å². The summed E-state index contributed by atoms with van der Waals surface area (Å²) in [6, 6.07) is 10.6. The van der Waals surface area contributed by atoms with Gasteiger partial charge in [0.25, 0.3) is 0 Å². The van der Waals surface area contributed by atoms with Crippen LogP contribution in [0.5, 0.6) is 11.5 Å². The minimum Gasteiger partial charge on any atom is -0.504 e. The Morgan fingerprint density at radius 3 is 2.52 bits per heavy atom. The van der Waals surface area contributed by atoms with Crippen molar-refractivity contribution in [3.8, 4) is 11.5 Å². The number of hydrogen-bond donors (Lipinski definition) is 3. The van der Waals surface area contributed by atoms with E-state index in [0.717, 1.165) is 5.56 Å². The molecule has 142 valence electrons. The molecule has 8 heteroatoms. The van der Waals surface area contributed by atoms with Crippen molar-refractivity contribution in [1.29, 1.82) is 0 Å². The van der Waals surface area contributed by atoms with Gasteiger partial charge in [-0.3, -0.25) is 9.59 Å². The fraction of sp³-hybridized carbons (Fsp3) is 0.211. The number of aromatic hydroxyl groups is 1. The summed E-state index contributed by atoms with van der Waals surface area (Å²) < 4.78 is 5.73. The molecule has 3 N–H and O–H groups in total. The first-order chi connectivity index (χ1) is 12.9. The molecule has 0 fully saturated rings. The van der Waals surface area contributed by atoms with Crippen molar-refractivity contribution in [2.24, 2.45) is 5.10 Å². The highest BCUT2D eigenvalue weighted by molar-refractivity contribution is 9.10. The number of methoxy groups -OCH3 is 1. The van der Waals surface area contributed by atoms with Gasteiger partial charge in [-0.05, 0) is 31.2 Å². The molecule has 0 saturated carbocycles. The van der Waals surface area contributed by atoms with E-state index in [1.807, 2.05) is 19.1 Å². The summed E-state index contributed by atoms with van der Waals surface area (Å²) in [6.07, 6.45) is 1.32. The van der Waals surface area contributed by atoms with E-state index in [1.165, 1.54) is 13.3 Å². The minimum absolute atomic E-state index is 0.0111. The zero-order valence-electron chi connectivity index (χ0n) is 15.0. The van der Waals surface area contributed by atoms with Crippen LogP contribution in [-0.2, 0) is 9.59 Å². The normalized spacial score (nSPS) is 10.6. The summed E-state index contributed by atoms with van der Waals surface area (Å²) in [6.45, 7) is 1.96. The fourth-order valence-corrected chi connectivity index (χ4v) is 2.62. The molecule has 0 atom stereocenters. The van der Waals surface area contributed by atoms with E-state index in [1.54, 1.807) is 24.3 Å². The molecule has 0 aliphatic carbocycles. The highest BCUT2D eigenvalue weighted by atomic mass is 79.9. The van der Waals surface area contributed by atoms with Crippen molar-refractivity contribution >= 4 is 39.6 Å². The maximum absolute atomic E-state index is 11.9. The molecule has 0 unspecified atom stereocenters. The highest BCUT2D eigenvalue weighted by Crippen LogP contribution is 2.32. The lowest BCUT2D eigenvalue weighted by Crippen LogP contribution is -2.20. The van der Waals surface area contributed by atoms with Gasteiger partial charge in [0.2, 0.25) is 11.8 Å². The smallest absolute Gasteiger partial charge is 0.240 e. The van der Waals surface area contributed by atoms with E-state index < -0.39 is 5.91 Å². The Labute approximate surface area is 165 Å². The van der Waals surface area contributed by atoms with Crippen LogP contribution >= 0.6 is 15.9 Å². The third kappa shape index (κ3) is 6.41. The second-order valence-corrected chi connectivity index (χ2v) is 6.67. The Bertz CT molecular complexity index is 851. The van der Waals surface area contributed by atoms with Crippen molar-refractivity contribution in [2.75, 3.05) is 12.4 Å². The number of amides is 2. The number of nitrogens with zero attached hydrogens (tertiary/aromatic N) is 1. The number of phenols is 1. The Balaban J connectivity index is 1.82. The highest BCUT2D eigenvalue weighted by Gasteiger charge is 2.09. The Morgan fingerprint density at radius 1 is 1.19 bits per heavy atom. The number of ether oxygens (including phenoxy) is 1. The SMILES string of the molecule is COc1cc(Br)cc(C=NNC(=O)CCC(=O)Nc2ccc(C)cc2)c1O. The number of hydrogen-bond acceptors (Lipinski definition) is 5. The number of rotatable bonds is 7. The van der Waals surface area contributed by atoms with Gasteiger partial charge in [-0.15, -0.1) is 0 Å². The number of anilines is 1. The van der Waals surface area contributed by atoms with Gasteiger partial charge < -0.3 is 15.2 Å². The molecule has 0 saturated heterocycles. The van der Waals surface area contributed by atoms with Gasteiger partial charge in [0.05, 0.1) is 13.3 Å². The van der Waals surface area contributed by atoms with Crippen LogP contribution in [0.25, 0.3) is 0 Å². The van der Waals surface area contributed by atoms with Crippen molar-refractivity contribution in [3.63, 3.8) is 0 Å². The maximum Gasteiger partial charge on any atom is 0.240 e. The summed E-state index contributed by atoms with van der Waals surface area (Å²) >= 11 is 3.30. The Morgan fingerprint density at radius 2 is 1.85 bits per heavy atom. The first-order valence-corrected chi connectivity index (χ1v) is 8.93. The van der Waals surface area contributed by atoms with Gasteiger partial charge in [-0.1, -0.05) is 33.6 Å². The number of hydrazone groups is 1. The second-order valence-electron chi connectivity index (χ2n) is 5.75. The number of aryl methyl sites for hydroxylation is 1. The first kappa shape index (κ1) is 20.4. The largest absolute Gasteiger partial charge is 0.504 e. The predicted octanol–water partition coefficient (Wildman–Crippen LogP) is 3.34. The van der Waals surface area contributed by atoms with Crippen LogP contribution < -0.4 is 15.5 Å². The maximum atomic E-state index is 11.9. The molecule has 2 rings (SSSR count). The summed E-state index contributed by atoms with van der Waals surface area (Å²) in [4.78, 5) is 23.7. The molecule has 0 aliphatic rings. The lowest BCUT2D eigenvalue weighted by Gasteiger charge is -2.07. The Kier molecular flexibility index (Phi) is 7.36. The van der Waals surface area contributed by atoms with Gasteiger partial charge in [0.1, 0.15) is 0 Å². The van der Waals surface area contributed by atoms with Gasteiger partial charge >= 0.3 is 0 Å². The molecule has 0 heterocycles. The van der Waals surface area contributed by atoms with Crippen LogP contribution in [0.3, 0.4) is 0 Å². The van der Waals surface area contributed by atoms with Gasteiger partial charge in [0, 0.05) is 28.6 Å². The van der Waals surface area contributed by atoms with Crippen LogP contribution in [0.1, 0.15) is 24.0 Å². The molecule has 7 nitrogen and oxygen atoms in total. The van der Waals surface area contributed by atoms with E-state index in [2.05, 4.69) is 31.8 Å². The summed E-state index contributed by atoms with van der Waals surface area (Å²) in [5.74, 6) is -0.472. The fourth-order valence-electron chi connectivity index (χ4n) is 2.17. The van der Waals surface area contributed by atoms with E-state index in [0.29, 0.717) is 15.7 Å². The molecule has 2 aromatic carbocycles. The summed E-state index contributed by atoms with van der Waals surface area (Å²) in [5, 5.41) is 16.5. The van der Waals surface area contributed by atoms with Crippen molar-refractivity contribution < 1.29 is 19.4 Å². The molecule has 0 bridgehead atoms. The lowest BCUT2D eigenvalue weighted by molar-refractivity contribution is -0.124. The van der Waals surface area contributed by atoms with E-state index in [9.17, 15) is 14.7 Å². The standard InChI is InChI=1S/C19H20BrN3O4/c1-12-3-5-15(6-4-12)22-17(24)7-8-18(25)23-21-11-13-9-14(20)10-16(27-2)19(13)26/h3-6,9-11,26H,7-8H2,1-2H3,(H,22,24)(H,23,25). The second kappa shape index (κ2) is 9.72. The van der Waals surface area contributed by atoms with E-state index in [-0.39, 0.29) is 30.2 Å². The number of benzene rings is 2. The van der Waals surface area contributed by atoms with Crippen LogP contribution in [0.4, 0.5) is 5.69 Å². The molecule has 0 radical (unpaired) electrons. The topological polar surface area (TPSA) is 100 Å². The van der Waals surface area contributed by atoms with Crippen molar-refractivity contribution in [1.82, 2.24) is 5.43 Å². The Hall–Kier alpha value is -2.87. The quantitative estimate of drug-likeness (QED) is 0.460. The zero-order valence-corrected chi connectivity index (χ0v) is 16.5. The summed E-state index contributed by atoms with van der Waals surface area (Å²) in [7, 11) is 1.44. The predicted molar refractivity (Wildman–Crippen MR) is 107 cm³/mol. The lowest BCUT2D eigenvalue weighted by atomic mass is 10.2. The number of carbonyl (C=O) groups is 2. The first-order valence-electron chi connectivity index (χ1n) is 8.14. The molecule has 0 spiro atoms. The number of halogens is 1. The number of nitrogens with one attached hydrogen (secondary N) is 2.